The highest BCUT2D eigenvalue weighted by Crippen LogP contribution is 2.23. The number of aliphatic carboxylic acids is 1. The first-order valence-electron chi connectivity index (χ1n) is 5.18. The number of benzene rings is 1. The number of carbonyl (C=O) groups is 1. The zero-order valence-corrected chi connectivity index (χ0v) is 10.9. The summed E-state index contributed by atoms with van der Waals surface area (Å²) in [5.41, 5.74) is -0.328. The first-order chi connectivity index (χ1) is 7.65. The molecular weight excluding hydrogens is 240 g/mol. The fraction of sp³-hybridized carbons (Fsp3) is 0.417. The second-order valence-electron chi connectivity index (χ2n) is 4.76. The Morgan fingerprint density at radius 2 is 1.71 bits per heavy atom. The first-order valence-corrected chi connectivity index (χ1v) is 6.83. The van der Waals surface area contributed by atoms with E-state index in [9.17, 15) is 13.2 Å². The van der Waals surface area contributed by atoms with E-state index < -0.39 is 27.0 Å². The number of carboxylic acid groups (broad SMARTS) is 1. The molecule has 0 radical (unpaired) electrons. The van der Waals surface area contributed by atoms with Crippen molar-refractivity contribution in [2.45, 2.75) is 25.7 Å². The molecule has 5 heteroatoms. The quantitative estimate of drug-likeness (QED) is 0.892. The van der Waals surface area contributed by atoms with Crippen LogP contribution in [0.15, 0.2) is 29.2 Å². The van der Waals surface area contributed by atoms with Gasteiger partial charge in [-0.15, -0.1) is 0 Å². The highest BCUT2D eigenvalue weighted by atomic mass is 32.2. The summed E-state index contributed by atoms with van der Waals surface area (Å²) in [6.45, 7) is 4.67. The van der Waals surface area contributed by atoms with Crippen LogP contribution < -0.4 is 0 Å². The average molecular weight is 256 g/mol. The van der Waals surface area contributed by atoms with Crippen LogP contribution in [0, 0.1) is 12.3 Å². The lowest BCUT2D eigenvalue weighted by Crippen LogP contribution is -2.32. The number of sulfone groups is 1. The van der Waals surface area contributed by atoms with E-state index in [-0.39, 0.29) is 4.90 Å². The normalized spacial score (nSPS) is 12.4. The smallest absolute Gasteiger partial charge is 0.310 e. The zero-order chi connectivity index (χ0) is 13.3. The Balaban J connectivity index is 3.05. The molecule has 0 bridgehead atoms. The lowest BCUT2D eigenvalue weighted by molar-refractivity contribution is -0.145. The highest BCUT2D eigenvalue weighted by molar-refractivity contribution is 7.91. The fourth-order valence-corrected chi connectivity index (χ4v) is 3.16. The Hall–Kier alpha value is -1.36. The van der Waals surface area contributed by atoms with Crippen molar-refractivity contribution in [2.75, 3.05) is 5.75 Å². The molecule has 1 aromatic carbocycles. The van der Waals surface area contributed by atoms with E-state index in [4.69, 9.17) is 5.11 Å². The van der Waals surface area contributed by atoms with Gasteiger partial charge >= 0.3 is 5.97 Å². The molecule has 17 heavy (non-hydrogen) atoms. The Morgan fingerprint density at radius 3 is 2.12 bits per heavy atom. The molecule has 0 spiro atoms. The molecule has 0 aliphatic rings. The molecule has 0 amide bonds. The molecule has 0 aliphatic heterocycles. The van der Waals surface area contributed by atoms with E-state index in [1.807, 2.05) is 6.92 Å². The molecule has 0 saturated heterocycles. The van der Waals surface area contributed by atoms with Gasteiger partial charge in [0.05, 0.1) is 16.1 Å². The van der Waals surface area contributed by atoms with Gasteiger partial charge in [-0.2, -0.15) is 0 Å². The van der Waals surface area contributed by atoms with E-state index >= 15 is 0 Å². The van der Waals surface area contributed by atoms with E-state index in [0.29, 0.717) is 0 Å². The molecule has 0 aromatic heterocycles. The Morgan fingerprint density at radius 1 is 1.24 bits per heavy atom. The van der Waals surface area contributed by atoms with Crippen molar-refractivity contribution in [1.82, 2.24) is 0 Å². The maximum Gasteiger partial charge on any atom is 0.310 e. The SMILES string of the molecule is Cc1ccc(S(=O)(=O)CC(C)(C)C(=O)O)cc1. The van der Waals surface area contributed by atoms with Crippen molar-refractivity contribution < 1.29 is 18.3 Å². The Bertz CT molecular complexity index is 512. The van der Waals surface area contributed by atoms with Crippen molar-refractivity contribution in [3.05, 3.63) is 29.8 Å². The van der Waals surface area contributed by atoms with Crippen molar-refractivity contribution in [3.63, 3.8) is 0 Å². The zero-order valence-electron chi connectivity index (χ0n) is 10.1. The van der Waals surface area contributed by atoms with Crippen LogP contribution in [0.25, 0.3) is 0 Å². The summed E-state index contributed by atoms with van der Waals surface area (Å²) in [5, 5.41) is 8.93. The Kier molecular flexibility index (Phi) is 3.62. The van der Waals surface area contributed by atoms with Crippen LogP contribution in [0.5, 0.6) is 0 Å². The van der Waals surface area contributed by atoms with Crippen LogP contribution in [0.4, 0.5) is 0 Å². The van der Waals surface area contributed by atoms with Crippen LogP contribution in [0.1, 0.15) is 19.4 Å². The van der Waals surface area contributed by atoms with Crippen LogP contribution in [0.2, 0.25) is 0 Å². The van der Waals surface area contributed by atoms with Crippen LogP contribution in [-0.2, 0) is 14.6 Å². The molecule has 0 atom stereocenters. The lowest BCUT2D eigenvalue weighted by atomic mass is 9.97. The van der Waals surface area contributed by atoms with Gasteiger partial charge in [-0.3, -0.25) is 4.79 Å². The van der Waals surface area contributed by atoms with E-state index in [0.717, 1.165) is 5.56 Å². The second-order valence-corrected chi connectivity index (χ2v) is 6.75. The number of aryl methyl sites for hydroxylation is 1. The predicted molar refractivity (Wildman–Crippen MR) is 64.6 cm³/mol. The third kappa shape index (κ3) is 3.30. The maximum atomic E-state index is 12.0. The second kappa shape index (κ2) is 4.49. The third-order valence-corrected chi connectivity index (χ3v) is 4.60. The van der Waals surface area contributed by atoms with Crippen molar-refractivity contribution in [3.8, 4) is 0 Å². The predicted octanol–water partition coefficient (Wildman–Crippen LogP) is 1.88. The number of hydrogen-bond acceptors (Lipinski definition) is 3. The van der Waals surface area contributed by atoms with Gasteiger partial charge in [0.25, 0.3) is 0 Å². The van der Waals surface area contributed by atoms with Gasteiger partial charge in [-0.05, 0) is 32.9 Å². The molecule has 4 nitrogen and oxygen atoms in total. The van der Waals surface area contributed by atoms with Crippen molar-refractivity contribution >= 4 is 15.8 Å². The molecule has 0 unspecified atom stereocenters. The summed E-state index contributed by atoms with van der Waals surface area (Å²) < 4.78 is 24.0. The minimum atomic E-state index is -3.56. The minimum absolute atomic E-state index is 0.164. The molecule has 1 N–H and O–H groups in total. The molecule has 0 heterocycles. The average Bonchev–Trinajstić information content (AvgIpc) is 2.16. The summed E-state index contributed by atoms with van der Waals surface area (Å²) >= 11 is 0. The summed E-state index contributed by atoms with van der Waals surface area (Å²) in [7, 11) is -3.56. The van der Waals surface area contributed by atoms with Crippen molar-refractivity contribution in [1.29, 1.82) is 0 Å². The summed E-state index contributed by atoms with van der Waals surface area (Å²) in [4.78, 5) is 11.1. The third-order valence-electron chi connectivity index (χ3n) is 2.51. The first kappa shape index (κ1) is 13.7. The molecule has 94 valence electrons. The maximum absolute atomic E-state index is 12.0. The molecule has 1 aromatic rings. The van der Waals surface area contributed by atoms with Gasteiger partial charge < -0.3 is 5.11 Å². The van der Waals surface area contributed by atoms with Crippen LogP contribution >= 0.6 is 0 Å². The summed E-state index contributed by atoms with van der Waals surface area (Å²) in [6.07, 6.45) is 0. The molecule has 1 rings (SSSR count). The molecule has 0 saturated carbocycles. The summed E-state index contributed by atoms with van der Waals surface area (Å²) in [5.74, 6) is -1.52. The number of hydrogen-bond donors (Lipinski definition) is 1. The lowest BCUT2D eigenvalue weighted by Gasteiger charge is -2.18. The van der Waals surface area contributed by atoms with Crippen LogP contribution in [-0.4, -0.2) is 25.2 Å². The molecule has 0 aliphatic carbocycles. The summed E-state index contributed by atoms with van der Waals surface area (Å²) in [6, 6.07) is 6.40. The largest absolute Gasteiger partial charge is 0.481 e. The van der Waals surface area contributed by atoms with Crippen molar-refractivity contribution in [2.24, 2.45) is 5.41 Å². The highest BCUT2D eigenvalue weighted by Gasteiger charge is 2.34. The van der Waals surface area contributed by atoms with E-state index in [2.05, 4.69) is 0 Å². The van der Waals surface area contributed by atoms with Gasteiger partial charge in [0.2, 0.25) is 0 Å². The van der Waals surface area contributed by atoms with E-state index in [1.165, 1.54) is 26.0 Å². The molecular formula is C12H16O4S. The number of rotatable bonds is 4. The van der Waals surface area contributed by atoms with Gasteiger partial charge in [0.1, 0.15) is 0 Å². The van der Waals surface area contributed by atoms with Gasteiger partial charge in [0, 0.05) is 0 Å². The van der Waals surface area contributed by atoms with Gasteiger partial charge in [-0.25, -0.2) is 8.42 Å². The minimum Gasteiger partial charge on any atom is -0.481 e. The molecule has 0 fully saturated rings. The topological polar surface area (TPSA) is 71.4 Å². The number of carboxylic acids is 1. The Labute approximate surface area is 101 Å². The fourth-order valence-electron chi connectivity index (χ4n) is 1.37. The van der Waals surface area contributed by atoms with E-state index in [1.54, 1.807) is 12.1 Å². The standard InChI is InChI=1S/C12H16O4S/c1-9-4-6-10(7-5-9)17(15,16)8-12(2,3)11(13)14/h4-7H,8H2,1-3H3,(H,13,14). The van der Waals surface area contributed by atoms with Crippen LogP contribution in [0.3, 0.4) is 0 Å². The van der Waals surface area contributed by atoms with Gasteiger partial charge in [-0.1, -0.05) is 17.7 Å². The monoisotopic (exact) mass is 256 g/mol. The van der Waals surface area contributed by atoms with Gasteiger partial charge in [0.15, 0.2) is 9.84 Å².